The maximum absolute atomic E-state index is 12.2. The van der Waals surface area contributed by atoms with Gasteiger partial charge in [0.25, 0.3) is 0 Å². The van der Waals surface area contributed by atoms with E-state index in [0.717, 1.165) is 25.1 Å². The van der Waals surface area contributed by atoms with Crippen molar-refractivity contribution >= 4 is 68.3 Å². The van der Waals surface area contributed by atoms with Gasteiger partial charge in [-0.05, 0) is 30.3 Å². The lowest BCUT2D eigenvalue weighted by molar-refractivity contribution is -0.113. The van der Waals surface area contributed by atoms with Gasteiger partial charge in [-0.3, -0.25) is 4.79 Å². The Bertz CT molecular complexity index is 952. The Morgan fingerprint density at radius 1 is 1.28 bits per heavy atom. The number of hydrogen-bond acceptors (Lipinski definition) is 6. The quantitative estimate of drug-likeness (QED) is 0.564. The monoisotopic (exact) mass is 405 g/mol. The second-order valence-corrected chi connectivity index (χ2v) is 8.58. The van der Waals surface area contributed by atoms with Gasteiger partial charge in [0, 0.05) is 9.92 Å². The third-order valence-corrected chi connectivity index (χ3v) is 6.46. The van der Waals surface area contributed by atoms with E-state index >= 15 is 0 Å². The van der Waals surface area contributed by atoms with Gasteiger partial charge < -0.3 is 5.32 Å². The Labute approximate surface area is 162 Å². The smallest absolute Gasteiger partial charge is 0.234 e. The van der Waals surface area contributed by atoms with Gasteiger partial charge in [-0.2, -0.15) is 5.26 Å². The van der Waals surface area contributed by atoms with E-state index in [2.05, 4.69) is 16.4 Å². The summed E-state index contributed by atoms with van der Waals surface area (Å²) in [5, 5.41) is 12.3. The molecule has 126 valence electrons. The molecule has 0 fully saturated rings. The van der Waals surface area contributed by atoms with Crippen LogP contribution in [0.3, 0.4) is 0 Å². The lowest BCUT2D eigenvalue weighted by atomic mass is 10.3. The number of carbonyl (C=O) groups excluding carboxylic acids is 1. The minimum absolute atomic E-state index is 0.104. The van der Waals surface area contributed by atoms with Crippen molar-refractivity contribution in [1.82, 2.24) is 4.98 Å². The van der Waals surface area contributed by atoms with E-state index in [1.54, 1.807) is 11.3 Å². The number of nitrogens with zero attached hydrogens (tertiary/aromatic N) is 2. The van der Waals surface area contributed by atoms with E-state index in [-0.39, 0.29) is 11.7 Å². The van der Waals surface area contributed by atoms with Crippen LogP contribution in [0.25, 0.3) is 10.2 Å². The van der Waals surface area contributed by atoms with Crippen LogP contribution < -0.4 is 5.32 Å². The highest BCUT2D eigenvalue weighted by atomic mass is 35.5. The molecule has 0 aliphatic heterocycles. The summed E-state index contributed by atoms with van der Waals surface area (Å²) in [5.74, 6) is 0.507. The summed E-state index contributed by atoms with van der Waals surface area (Å²) in [6.45, 7) is 0. The molecule has 0 unspecified atom stereocenters. The molecule has 3 rings (SSSR count). The Balaban J connectivity index is 1.62. The molecule has 0 aliphatic carbocycles. The molecule has 0 radical (unpaired) electrons. The fourth-order valence-corrected chi connectivity index (χ4v) is 4.75. The molecule has 4 nitrogen and oxygen atoms in total. The fraction of sp³-hybridized carbons (Fsp3) is 0.118. The van der Waals surface area contributed by atoms with Crippen LogP contribution in [0.15, 0.2) is 51.7 Å². The number of thiazole rings is 1. The van der Waals surface area contributed by atoms with Gasteiger partial charge >= 0.3 is 0 Å². The van der Waals surface area contributed by atoms with Crippen LogP contribution >= 0.6 is 46.5 Å². The maximum Gasteiger partial charge on any atom is 0.234 e. The first-order chi connectivity index (χ1) is 12.2. The summed E-state index contributed by atoms with van der Waals surface area (Å²) in [5.41, 5.74) is 1.57. The number of hydrogen-bond donors (Lipinski definition) is 1. The third-order valence-electron chi connectivity index (χ3n) is 3.11. The summed E-state index contributed by atoms with van der Waals surface area (Å²) in [7, 11) is 0. The molecule has 1 aromatic heterocycles. The molecule has 0 aliphatic rings. The molecule has 25 heavy (non-hydrogen) atoms. The predicted octanol–water partition coefficient (Wildman–Crippen LogP) is 5.30. The summed E-state index contributed by atoms with van der Waals surface area (Å²) < 4.78 is 1.88. The average molecular weight is 406 g/mol. The van der Waals surface area contributed by atoms with E-state index in [0.29, 0.717) is 10.8 Å². The number of nitriles is 1. The number of fused-ring (bicyclic) bond motifs is 1. The molecule has 0 saturated heterocycles. The molecule has 1 N–H and O–H groups in total. The van der Waals surface area contributed by atoms with Crippen LogP contribution in [-0.2, 0) is 4.79 Å². The van der Waals surface area contributed by atoms with Crippen molar-refractivity contribution in [3.05, 3.63) is 47.5 Å². The SMILES string of the molecule is N#CCSc1ccccc1NC(=O)CSc1nc2cc(Cl)ccc2s1. The Morgan fingerprint density at radius 2 is 2.12 bits per heavy atom. The fourth-order valence-electron chi connectivity index (χ4n) is 2.06. The van der Waals surface area contributed by atoms with Crippen molar-refractivity contribution in [3.8, 4) is 6.07 Å². The Kier molecular flexibility index (Phi) is 6.21. The van der Waals surface area contributed by atoms with Crippen LogP contribution in [0, 0.1) is 11.3 Å². The van der Waals surface area contributed by atoms with E-state index in [9.17, 15) is 4.79 Å². The van der Waals surface area contributed by atoms with Crippen LogP contribution in [0.2, 0.25) is 5.02 Å². The minimum Gasteiger partial charge on any atom is -0.324 e. The largest absolute Gasteiger partial charge is 0.324 e. The molecule has 1 heterocycles. The van der Waals surface area contributed by atoms with Crippen LogP contribution in [0.1, 0.15) is 0 Å². The van der Waals surface area contributed by atoms with E-state index in [4.69, 9.17) is 16.9 Å². The molecular formula is C17H12ClN3OS3. The highest BCUT2D eigenvalue weighted by molar-refractivity contribution is 8.01. The summed E-state index contributed by atoms with van der Waals surface area (Å²) in [6, 6.07) is 15.1. The lowest BCUT2D eigenvalue weighted by Gasteiger charge is -2.08. The number of benzene rings is 2. The van der Waals surface area contributed by atoms with E-state index < -0.39 is 0 Å². The number of anilines is 1. The van der Waals surface area contributed by atoms with Gasteiger partial charge in [0.2, 0.25) is 5.91 Å². The molecule has 0 saturated carbocycles. The highest BCUT2D eigenvalue weighted by Gasteiger charge is 2.10. The normalized spacial score (nSPS) is 10.6. The molecule has 1 amide bonds. The number of aromatic nitrogens is 1. The second kappa shape index (κ2) is 8.59. The Hall–Kier alpha value is -1.72. The van der Waals surface area contributed by atoms with Gasteiger partial charge in [-0.15, -0.1) is 23.1 Å². The van der Waals surface area contributed by atoms with Gasteiger partial charge in [-0.25, -0.2) is 4.98 Å². The third kappa shape index (κ3) is 4.89. The van der Waals surface area contributed by atoms with Crippen molar-refractivity contribution in [2.24, 2.45) is 0 Å². The van der Waals surface area contributed by atoms with E-state index in [1.807, 2.05) is 42.5 Å². The first kappa shape index (κ1) is 18.1. The molecular weight excluding hydrogens is 394 g/mol. The first-order valence-electron chi connectivity index (χ1n) is 7.23. The zero-order chi connectivity index (χ0) is 17.6. The number of carbonyl (C=O) groups is 1. The molecule has 0 atom stereocenters. The first-order valence-corrected chi connectivity index (χ1v) is 10.4. The second-order valence-electron chi connectivity index (χ2n) is 4.87. The van der Waals surface area contributed by atoms with Gasteiger partial charge in [0.1, 0.15) is 0 Å². The highest BCUT2D eigenvalue weighted by Crippen LogP contribution is 2.31. The van der Waals surface area contributed by atoms with Crippen molar-refractivity contribution < 1.29 is 4.79 Å². The minimum atomic E-state index is -0.104. The molecule has 0 bridgehead atoms. The standard InChI is InChI=1S/C17H12ClN3OS3/c18-11-5-6-15-13(9-11)21-17(25-15)24-10-16(22)20-12-3-1-2-4-14(12)23-8-7-19/h1-6,9H,8,10H2,(H,20,22). The number of thioether (sulfide) groups is 2. The van der Waals surface area contributed by atoms with Crippen molar-refractivity contribution in [3.63, 3.8) is 0 Å². The molecule has 8 heteroatoms. The zero-order valence-corrected chi connectivity index (χ0v) is 16.1. The summed E-state index contributed by atoms with van der Waals surface area (Å²) >= 11 is 10.3. The molecule has 2 aromatic carbocycles. The number of nitrogens with one attached hydrogen (secondary N) is 1. The van der Waals surface area contributed by atoms with Gasteiger partial charge in [0.15, 0.2) is 4.34 Å². The van der Waals surface area contributed by atoms with Crippen LogP contribution in [0.4, 0.5) is 5.69 Å². The topological polar surface area (TPSA) is 65.8 Å². The number of halogens is 1. The number of rotatable bonds is 6. The summed E-state index contributed by atoms with van der Waals surface area (Å²) in [6.07, 6.45) is 0. The number of amides is 1. The number of para-hydroxylation sites is 1. The lowest BCUT2D eigenvalue weighted by Crippen LogP contribution is -2.14. The average Bonchev–Trinajstić information content (AvgIpc) is 3.01. The zero-order valence-electron chi connectivity index (χ0n) is 12.9. The van der Waals surface area contributed by atoms with Crippen LogP contribution in [0.5, 0.6) is 0 Å². The van der Waals surface area contributed by atoms with Crippen molar-refractivity contribution in [2.75, 3.05) is 16.8 Å². The van der Waals surface area contributed by atoms with Crippen molar-refractivity contribution in [1.29, 1.82) is 5.26 Å². The van der Waals surface area contributed by atoms with E-state index in [1.165, 1.54) is 23.5 Å². The molecule has 0 spiro atoms. The van der Waals surface area contributed by atoms with Crippen LogP contribution in [-0.4, -0.2) is 22.4 Å². The maximum atomic E-state index is 12.2. The predicted molar refractivity (Wildman–Crippen MR) is 107 cm³/mol. The summed E-state index contributed by atoms with van der Waals surface area (Å²) in [4.78, 5) is 17.6. The van der Waals surface area contributed by atoms with Crippen molar-refractivity contribution in [2.45, 2.75) is 9.24 Å². The molecule has 3 aromatic rings. The van der Waals surface area contributed by atoms with Gasteiger partial charge in [-0.1, -0.05) is 35.5 Å². The Morgan fingerprint density at radius 3 is 2.96 bits per heavy atom. The van der Waals surface area contributed by atoms with Gasteiger partial charge in [0.05, 0.1) is 33.5 Å².